The average Bonchev–Trinajstić information content (AvgIpc) is 2.84. The maximum absolute atomic E-state index is 12.3. The fourth-order valence-corrected chi connectivity index (χ4v) is 2.67. The van der Waals surface area contributed by atoms with E-state index < -0.39 is 23.7 Å². The van der Waals surface area contributed by atoms with Crippen LogP contribution in [0, 0.1) is 0 Å². The van der Waals surface area contributed by atoms with E-state index in [1.54, 1.807) is 6.92 Å². The highest BCUT2D eigenvalue weighted by molar-refractivity contribution is 5.90. The molecular weight excluding hydrogens is 224 g/mol. The van der Waals surface area contributed by atoms with Crippen molar-refractivity contribution in [3.05, 3.63) is 0 Å². The van der Waals surface area contributed by atoms with Gasteiger partial charge in [-0.25, -0.2) is 4.79 Å². The van der Waals surface area contributed by atoms with Gasteiger partial charge in [0.2, 0.25) is 5.91 Å². The summed E-state index contributed by atoms with van der Waals surface area (Å²) >= 11 is 0. The van der Waals surface area contributed by atoms with E-state index in [0.29, 0.717) is 6.42 Å². The summed E-state index contributed by atoms with van der Waals surface area (Å²) in [6, 6.07) is -0.892. The Hall–Kier alpha value is -1.14. The number of amides is 1. The third-order valence-corrected chi connectivity index (χ3v) is 3.67. The van der Waals surface area contributed by atoms with Crippen LogP contribution in [0.4, 0.5) is 0 Å². The summed E-state index contributed by atoms with van der Waals surface area (Å²) in [4.78, 5) is 24.7. The van der Waals surface area contributed by atoms with Gasteiger partial charge in [-0.15, -0.1) is 0 Å². The SMILES string of the molecule is CC1(C(=O)N2CC(O)C[C@H]2C(=O)O)CCCN1. The molecule has 2 aliphatic rings. The standard InChI is InChI=1S/C11H18N2O4/c1-11(3-2-4-12-11)10(17)13-6-7(14)5-8(13)9(15)16/h7-8,12,14H,2-6H2,1H3,(H,15,16)/t7?,8-,11?/m0/s1. The Morgan fingerprint density at radius 1 is 1.47 bits per heavy atom. The molecule has 2 fully saturated rings. The first-order chi connectivity index (χ1) is 7.94. The molecule has 6 heteroatoms. The van der Waals surface area contributed by atoms with Crippen molar-refractivity contribution in [3.63, 3.8) is 0 Å². The summed E-state index contributed by atoms with van der Waals surface area (Å²) in [7, 11) is 0. The molecule has 3 atom stereocenters. The summed E-state index contributed by atoms with van der Waals surface area (Å²) in [6.07, 6.45) is 1.02. The maximum atomic E-state index is 12.3. The number of hydrogen-bond acceptors (Lipinski definition) is 4. The van der Waals surface area contributed by atoms with E-state index in [4.69, 9.17) is 5.11 Å². The molecule has 96 valence electrons. The number of hydrogen-bond donors (Lipinski definition) is 3. The number of aliphatic carboxylic acids is 1. The molecule has 0 saturated carbocycles. The minimum absolute atomic E-state index is 0.118. The van der Waals surface area contributed by atoms with E-state index in [0.717, 1.165) is 13.0 Å². The number of carbonyl (C=O) groups excluding carboxylic acids is 1. The van der Waals surface area contributed by atoms with Gasteiger partial charge in [0.1, 0.15) is 6.04 Å². The molecule has 0 aromatic carbocycles. The highest BCUT2D eigenvalue weighted by Gasteiger charge is 2.46. The van der Waals surface area contributed by atoms with Crippen LogP contribution in [0.15, 0.2) is 0 Å². The van der Waals surface area contributed by atoms with E-state index in [1.807, 2.05) is 0 Å². The Kier molecular flexibility index (Phi) is 3.09. The van der Waals surface area contributed by atoms with Gasteiger partial charge in [0, 0.05) is 13.0 Å². The molecule has 0 aromatic rings. The average molecular weight is 242 g/mol. The molecule has 3 N–H and O–H groups in total. The van der Waals surface area contributed by atoms with Crippen molar-refractivity contribution in [1.29, 1.82) is 0 Å². The monoisotopic (exact) mass is 242 g/mol. The lowest BCUT2D eigenvalue weighted by atomic mass is 9.98. The van der Waals surface area contributed by atoms with Crippen LogP contribution in [0.3, 0.4) is 0 Å². The van der Waals surface area contributed by atoms with E-state index >= 15 is 0 Å². The Balaban J connectivity index is 2.15. The number of likely N-dealkylation sites (tertiary alicyclic amines) is 1. The maximum Gasteiger partial charge on any atom is 0.326 e. The topological polar surface area (TPSA) is 89.9 Å². The normalized spacial score (nSPS) is 37.4. The van der Waals surface area contributed by atoms with Gasteiger partial charge in [0.15, 0.2) is 0 Å². The predicted octanol–water partition coefficient (Wildman–Crippen LogP) is -0.825. The van der Waals surface area contributed by atoms with Crippen molar-refractivity contribution in [1.82, 2.24) is 10.2 Å². The lowest BCUT2D eigenvalue weighted by Crippen LogP contribution is -2.55. The molecule has 17 heavy (non-hydrogen) atoms. The number of rotatable bonds is 2. The molecule has 0 aromatic heterocycles. The van der Waals surface area contributed by atoms with E-state index in [9.17, 15) is 14.7 Å². The summed E-state index contributed by atoms with van der Waals surface area (Å²) in [5.74, 6) is -1.25. The van der Waals surface area contributed by atoms with Crippen molar-refractivity contribution < 1.29 is 19.8 Å². The van der Waals surface area contributed by atoms with Gasteiger partial charge < -0.3 is 20.4 Å². The van der Waals surface area contributed by atoms with Crippen molar-refractivity contribution >= 4 is 11.9 Å². The Morgan fingerprint density at radius 2 is 2.18 bits per heavy atom. The first-order valence-electron chi connectivity index (χ1n) is 5.91. The van der Waals surface area contributed by atoms with Gasteiger partial charge in [-0.2, -0.15) is 0 Å². The van der Waals surface area contributed by atoms with Crippen LogP contribution >= 0.6 is 0 Å². The molecule has 2 heterocycles. The Labute approximate surface area is 99.6 Å². The fraction of sp³-hybridized carbons (Fsp3) is 0.818. The van der Waals surface area contributed by atoms with Crippen LogP contribution in [-0.4, -0.2) is 57.8 Å². The van der Waals surface area contributed by atoms with Crippen LogP contribution in [0.5, 0.6) is 0 Å². The van der Waals surface area contributed by atoms with E-state index in [1.165, 1.54) is 4.90 Å². The predicted molar refractivity (Wildman–Crippen MR) is 59.4 cm³/mol. The van der Waals surface area contributed by atoms with Crippen LogP contribution < -0.4 is 5.32 Å². The van der Waals surface area contributed by atoms with Crippen LogP contribution in [0.25, 0.3) is 0 Å². The smallest absolute Gasteiger partial charge is 0.326 e. The number of aliphatic hydroxyl groups is 1. The van der Waals surface area contributed by atoms with Crippen molar-refractivity contribution in [2.45, 2.75) is 43.9 Å². The second kappa shape index (κ2) is 4.27. The zero-order valence-corrected chi connectivity index (χ0v) is 9.85. The number of nitrogens with zero attached hydrogens (tertiary/aromatic N) is 1. The molecular formula is C11H18N2O4. The number of carbonyl (C=O) groups is 2. The largest absolute Gasteiger partial charge is 0.480 e. The zero-order valence-electron chi connectivity index (χ0n) is 9.85. The number of nitrogens with one attached hydrogen (secondary N) is 1. The zero-order chi connectivity index (χ0) is 12.6. The highest BCUT2D eigenvalue weighted by atomic mass is 16.4. The second-order valence-corrected chi connectivity index (χ2v) is 5.06. The molecule has 2 aliphatic heterocycles. The van der Waals surface area contributed by atoms with E-state index in [2.05, 4.69) is 5.32 Å². The summed E-state index contributed by atoms with van der Waals surface area (Å²) < 4.78 is 0. The summed E-state index contributed by atoms with van der Waals surface area (Å²) in [5.41, 5.74) is -0.669. The van der Waals surface area contributed by atoms with Gasteiger partial charge in [0.05, 0.1) is 11.6 Å². The molecule has 0 aliphatic carbocycles. The Bertz CT molecular complexity index is 338. The Morgan fingerprint density at radius 3 is 2.71 bits per heavy atom. The molecule has 0 radical (unpaired) electrons. The minimum Gasteiger partial charge on any atom is -0.480 e. The molecule has 2 unspecified atom stereocenters. The number of aliphatic hydroxyl groups excluding tert-OH is 1. The van der Waals surface area contributed by atoms with Crippen molar-refractivity contribution in [2.75, 3.05) is 13.1 Å². The number of carboxylic acids is 1. The number of carboxylic acid groups (broad SMARTS) is 1. The van der Waals surface area contributed by atoms with Crippen LogP contribution in [-0.2, 0) is 9.59 Å². The second-order valence-electron chi connectivity index (χ2n) is 5.06. The highest BCUT2D eigenvalue weighted by Crippen LogP contribution is 2.26. The first-order valence-corrected chi connectivity index (χ1v) is 5.91. The number of β-amino-alcohol motifs (C(OH)–C–C–N with tert-alkyl or cyclic N) is 1. The summed E-state index contributed by atoms with van der Waals surface area (Å²) in [6.45, 7) is 2.69. The van der Waals surface area contributed by atoms with Crippen molar-refractivity contribution in [3.8, 4) is 0 Å². The lowest BCUT2D eigenvalue weighted by Gasteiger charge is -2.31. The van der Waals surface area contributed by atoms with Gasteiger partial charge in [-0.3, -0.25) is 4.79 Å². The molecule has 2 rings (SSSR count). The third kappa shape index (κ3) is 2.14. The lowest BCUT2D eigenvalue weighted by molar-refractivity contribution is -0.150. The van der Waals surface area contributed by atoms with E-state index in [-0.39, 0.29) is 18.9 Å². The summed E-state index contributed by atoms with van der Waals surface area (Å²) in [5, 5.41) is 21.7. The molecule has 1 amide bonds. The van der Waals surface area contributed by atoms with Gasteiger partial charge in [-0.1, -0.05) is 0 Å². The molecule has 0 spiro atoms. The van der Waals surface area contributed by atoms with Gasteiger partial charge in [0.25, 0.3) is 0 Å². The van der Waals surface area contributed by atoms with Gasteiger partial charge in [-0.05, 0) is 26.3 Å². The van der Waals surface area contributed by atoms with Crippen LogP contribution in [0.2, 0.25) is 0 Å². The van der Waals surface area contributed by atoms with Gasteiger partial charge >= 0.3 is 5.97 Å². The minimum atomic E-state index is -1.04. The molecule has 0 bridgehead atoms. The molecule has 6 nitrogen and oxygen atoms in total. The van der Waals surface area contributed by atoms with Crippen molar-refractivity contribution in [2.24, 2.45) is 0 Å². The fourth-order valence-electron chi connectivity index (χ4n) is 2.67. The third-order valence-electron chi connectivity index (χ3n) is 3.67. The molecule has 2 saturated heterocycles. The quantitative estimate of drug-likeness (QED) is 0.588. The van der Waals surface area contributed by atoms with Crippen LogP contribution in [0.1, 0.15) is 26.2 Å². The first kappa shape index (κ1) is 12.3.